The highest BCUT2D eigenvalue weighted by Crippen LogP contribution is 2.23. The maximum Gasteiger partial charge on any atom is 0.237 e. The zero-order valence-electron chi connectivity index (χ0n) is 17.4. The number of hydrogen-bond donors (Lipinski definition) is 3. The summed E-state index contributed by atoms with van der Waals surface area (Å²) < 4.78 is 11.2. The van der Waals surface area contributed by atoms with Crippen LogP contribution >= 0.6 is 12.4 Å². The first-order valence-corrected chi connectivity index (χ1v) is 10.00. The van der Waals surface area contributed by atoms with Gasteiger partial charge < -0.3 is 25.0 Å². The summed E-state index contributed by atoms with van der Waals surface area (Å²) in [6.45, 7) is 0.402. The van der Waals surface area contributed by atoms with Crippen molar-refractivity contribution in [1.29, 1.82) is 5.26 Å². The Hall–Kier alpha value is -3.15. The van der Waals surface area contributed by atoms with Gasteiger partial charge in [-0.25, -0.2) is 4.98 Å². The molecule has 0 aliphatic heterocycles. The largest absolute Gasteiger partial charge is 0.491 e. The number of ether oxygens (including phenoxy) is 2. The van der Waals surface area contributed by atoms with E-state index >= 15 is 0 Å². The summed E-state index contributed by atoms with van der Waals surface area (Å²) in [5.74, 6) is 1.54. The topological polar surface area (TPSA) is 108 Å². The molecule has 0 saturated heterocycles. The molecule has 0 amide bonds. The molecule has 8 heteroatoms. The predicted octanol–water partition coefficient (Wildman–Crippen LogP) is 3.10. The number of aliphatic hydroxyl groups is 2. The van der Waals surface area contributed by atoms with E-state index in [9.17, 15) is 10.2 Å². The Balaban J connectivity index is 0.00000363. The van der Waals surface area contributed by atoms with E-state index in [1.54, 1.807) is 30.5 Å². The van der Waals surface area contributed by atoms with Gasteiger partial charge >= 0.3 is 0 Å². The lowest BCUT2D eigenvalue weighted by Gasteiger charge is -2.19. The van der Waals surface area contributed by atoms with E-state index in [4.69, 9.17) is 14.7 Å². The lowest BCUT2D eigenvalue weighted by molar-refractivity contribution is 0.0997. The van der Waals surface area contributed by atoms with Crippen LogP contribution in [0.4, 0.5) is 0 Å². The Morgan fingerprint density at radius 2 is 1.75 bits per heavy atom. The van der Waals surface area contributed by atoms with Crippen LogP contribution in [0.1, 0.15) is 11.1 Å². The van der Waals surface area contributed by atoms with Crippen molar-refractivity contribution in [3.63, 3.8) is 0 Å². The third-order valence-electron chi connectivity index (χ3n) is 4.56. The van der Waals surface area contributed by atoms with Crippen molar-refractivity contribution in [3.8, 4) is 23.4 Å². The SMILES string of the molecule is Cl.N#Cc1cccnc1Oc1ccc(C[C@@H](CO)NCC(O)COc2ccccc2)cc1. The van der Waals surface area contributed by atoms with E-state index in [0.717, 1.165) is 5.56 Å². The van der Waals surface area contributed by atoms with Crippen molar-refractivity contribution in [2.75, 3.05) is 19.8 Å². The lowest BCUT2D eigenvalue weighted by atomic mass is 10.1. The van der Waals surface area contributed by atoms with E-state index in [1.165, 1.54) is 0 Å². The van der Waals surface area contributed by atoms with E-state index in [1.807, 2.05) is 48.5 Å². The normalized spacial score (nSPS) is 12.2. The van der Waals surface area contributed by atoms with Crippen molar-refractivity contribution in [3.05, 3.63) is 84.1 Å². The van der Waals surface area contributed by atoms with Gasteiger partial charge in [-0.3, -0.25) is 0 Å². The van der Waals surface area contributed by atoms with Crippen LogP contribution in [0.25, 0.3) is 0 Å². The van der Waals surface area contributed by atoms with Crippen LogP contribution in [0, 0.1) is 11.3 Å². The zero-order chi connectivity index (χ0) is 21.9. The number of para-hydroxylation sites is 1. The number of nitriles is 1. The Bertz CT molecular complexity index is 981. The zero-order valence-corrected chi connectivity index (χ0v) is 18.2. The van der Waals surface area contributed by atoms with Gasteiger partial charge in [0.1, 0.15) is 35.8 Å². The lowest BCUT2D eigenvalue weighted by Crippen LogP contribution is -2.41. The number of benzene rings is 2. The number of nitrogens with zero attached hydrogens (tertiary/aromatic N) is 2. The average Bonchev–Trinajstić information content (AvgIpc) is 2.82. The molecule has 32 heavy (non-hydrogen) atoms. The fraction of sp³-hybridized carbons (Fsp3) is 0.250. The highest BCUT2D eigenvalue weighted by Gasteiger charge is 2.12. The monoisotopic (exact) mass is 455 g/mol. The molecule has 168 valence electrons. The molecule has 0 radical (unpaired) electrons. The van der Waals surface area contributed by atoms with Crippen LogP contribution in [0.3, 0.4) is 0 Å². The molecule has 0 fully saturated rings. The predicted molar refractivity (Wildman–Crippen MR) is 123 cm³/mol. The molecular weight excluding hydrogens is 430 g/mol. The Labute approximate surface area is 193 Å². The standard InChI is InChI=1S/C24H25N3O4.ClH/c25-14-19-5-4-12-26-24(19)31-23-10-8-18(9-11-23)13-20(16-28)27-15-21(29)17-30-22-6-2-1-3-7-22;/h1-12,20-21,27-29H,13,15-17H2;1H/t20-,21?;/m0./s1. The molecule has 2 atom stereocenters. The van der Waals surface area contributed by atoms with Crippen molar-refractivity contribution in [1.82, 2.24) is 10.3 Å². The van der Waals surface area contributed by atoms with Gasteiger partial charge in [0, 0.05) is 18.8 Å². The van der Waals surface area contributed by atoms with Gasteiger partial charge in [0.15, 0.2) is 0 Å². The molecule has 0 saturated carbocycles. The van der Waals surface area contributed by atoms with Gasteiger partial charge in [-0.1, -0.05) is 30.3 Å². The third kappa shape index (κ3) is 7.84. The Morgan fingerprint density at radius 1 is 1.00 bits per heavy atom. The molecule has 1 aromatic heterocycles. The second-order valence-corrected chi connectivity index (χ2v) is 6.98. The minimum Gasteiger partial charge on any atom is -0.491 e. The number of nitrogens with one attached hydrogen (secondary N) is 1. The van der Waals surface area contributed by atoms with Crippen molar-refractivity contribution >= 4 is 12.4 Å². The van der Waals surface area contributed by atoms with Crippen LogP contribution in [-0.2, 0) is 6.42 Å². The average molecular weight is 456 g/mol. The number of rotatable bonds is 11. The molecule has 0 aliphatic carbocycles. The third-order valence-corrected chi connectivity index (χ3v) is 4.56. The fourth-order valence-corrected chi connectivity index (χ4v) is 2.92. The van der Waals surface area contributed by atoms with Gasteiger partial charge in [-0.05, 0) is 48.4 Å². The molecule has 3 aromatic rings. The van der Waals surface area contributed by atoms with E-state index in [-0.39, 0.29) is 37.5 Å². The molecule has 2 aromatic carbocycles. The number of halogens is 1. The van der Waals surface area contributed by atoms with Gasteiger partial charge in [0.05, 0.1) is 6.61 Å². The minimum atomic E-state index is -0.697. The number of hydrogen-bond acceptors (Lipinski definition) is 7. The van der Waals surface area contributed by atoms with Gasteiger partial charge in [0.25, 0.3) is 0 Å². The summed E-state index contributed by atoms with van der Waals surface area (Å²) in [6.07, 6.45) is 1.45. The Morgan fingerprint density at radius 3 is 2.44 bits per heavy atom. The maximum absolute atomic E-state index is 10.1. The summed E-state index contributed by atoms with van der Waals surface area (Å²) >= 11 is 0. The smallest absolute Gasteiger partial charge is 0.237 e. The highest BCUT2D eigenvalue weighted by atomic mass is 35.5. The minimum absolute atomic E-state index is 0. The number of aliphatic hydroxyl groups excluding tert-OH is 2. The molecule has 3 rings (SSSR count). The highest BCUT2D eigenvalue weighted by molar-refractivity contribution is 5.85. The Kier molecular flexibility index (Phi) is 10.4. The first-order valence-electron chi connectivity index (χ1n) is 10.00. The molecule has 7 nitrogen and oxygen atoms in total. The van der Waals surface area contributed by atoms with Crippen LogP contribution in [-0.4, -0.2) is 47.1 Å². The fourth-order valence-electron chi connectivity index (χ4n) is 2.92. The second kappa shape index (κ2) is 13.3. The molecule has 0 bridgehead atoms. The summed E-state index contributed by atoms with van der Waals surface area (Å²) in [4.78, 5) is 4.08. The molecule has 0 spiro atoms. The van der Waals surface area contributed by atoms with Gasteiger partial charge in [-0.15, -0.1) is 12.4 Å². The molecular formula is C24H26ClN3O4. The quantitative estimate of drug-likeness (QED) is 0.407. The van der Waals surface area contributed by atoms with Crippen molar-refractivity contribution in [2.45, 2.75) is 18.6 Å². The van der Waals surface area contributed by atoms with Crippen LogP contribution in [0.5, 0.6) is 17.4 Å². The van der Waals surface area contributed by atoms with Crippen LogP contribution in [0.2, 0.25) is 0 Å². The van der Waals surface area contributed by atoms with E-state index < -0.39 is 6.10 Å². The van der Waals surface area contributed by atoms with Crippen LogP contribution < -0.4 is 14.8 Å². The first-order chi connectivity index (χ1) is 15.2. The van der Waals surface area contributed by atoms with Crippen LogP contribution in [0.15, 0.2) is 72.9 Å². The van der Waals surface area contributed by atoms with E-state index in [0.29, 0.717) is 30.0 Å². The second-order valence-electron chi connectivity index (χ2n) is 6.98. The van der Waals surface area contributed by atoms with Crippen molar-refractivity contribution < 1.29 is 19.7 Å². The molecule has 3 N–H and O–H groups in total. The summed E-state index contributed by atoms with van der Waals surface area (Å²) in [7, 11) is 0. The molecule has 0 aliphatic rings. The molecule has 1 heterocycles. The summed E-state index contributed by atoms with van der Waals surface area (Å²) in [5, 5.41) is 32.1. The van der Waals surface area contributed by atoms with Gasteiger partial charge in [0.2, 0.25) is 5.88 Å². The number of aromatic nitrogens is 1. The first kappa shape index (κ1) is 25.1. The van der Waals surface area contributed by atoms with E-state index in [2.05, 4.69) is 10.3 Å². The summed E-state index contributed by atoms with van der Waals surface area (Å²) in [5.41, 5.74) is 1.36. The summed E-state index contributed by atoms with van der Waals surface area (Å²) in [6, 6.07) is 21.8. The van der Waals surface area contributed by atoms with Gasteiger partial charge in [-0.2, -0.15) is 5.26 Å². The number of pyridine rings is 1. The van der Waals surface area contributed by atoms with Crippen molar-refractivity contribution in [2.24, 2.45) is 0 Å². The molecule has 1 unspecified atom stereocenters. The maximum atomic E-state index is 10.1.